The molecule has 4 fully saturated rings. The Bertz CT molecular complexity index is 2240. The highest BCUT2D eigenvalue weighted by molar-refractivity contribution is 7.81. The van der Waals surface area contributed by atoms with Crippen molar-refractivity contribution in [2.45, 2.75) is 94.6 Å². The van der Waals surface area contributed by atoms with Crippen LogP contribution in [0.4, 0.5) is 40.3 Å². The SMILES string of the molecule is CCc1cc(N2C(S)N(c3cnc(C#N)c(C(F)(F)F)c3)C(=O)C23CCC3)ccc1OCCN1C[C@@H](C)N(CC(=O)Nc2cc(NC3CCC(=O)NC3=O)ccc2F)[C@@H](C)C1. The van der Waals surface area contributed by atoms with Gasteiger partial charge in [-0.25, -0.2) is 9.37 Å². The van der Waals surface area contributed by atoms with Crippen molar-refractivity contribution in [1.29, 1.82) is 5.26 Å². The third-order valence-corrected chi connectivity index (χ3v) is 12.4. The number of aryl methyl sites for hydroxylation is 1. The standard InChI is InChI=1S/C42H47F4N9O5S/c1-4-26-16-28(55-40(61)54(39(59)41(55)12-5-13-41)29-18-30(42(44,45)46)34(19-47)48-20-29)7-10-35(26)60-15-14-52-21-24(2)53(25(3)22-52)23-37(57)50-33-17-27(6-8-31(33)43)49-32-9-11-36(56)51-38(32)58/h6-8,10,16-18,20,24-25,32,40,49,61H,4-5,9,11-15,21-23H2,1-3H3,(H,50,57)(H,51,56,58)/t24-,25+,32?,40?. The van der Waals surface area contributed by atoms with Crippen molar-refractivity contribution < 1.29 is 41.5 Å². The molecule has 4 atom stereocenters. The van der Waals surface area contributed by atoms with Crippen LogP contribution in [0, 0.1) is 17.1 Å². The molecule has 61 heavy (non-hydrogen) atoms. The Morgan fingerprint density at radius 2 is 1.82 bits per heavy atom. The Kier molecular flexibility index (Phi) is 12.5. The number of benzene rings is 2. The molecule has 0 bridgehead atoms. The van der Waals surface area contributed by atoms with E-state index in [2.05, 4.69) is 30.7 Å². The van der Waals surface area contributed by atoms with Crippen molar-refractivity contribution in [1.82, 2.24) is 20.1 Å². The summed E-state index contributed by atoms with van der Waals surface area (Å²) in [5.41, 5.74) is -2.03. The molecule has 1 saturated carbocycles. The number of hydrogen-bond donors (Lipinski definition) is 4. The van der Waals surface area contributed by atoms with Gasteiger partial charge in [0.2, 0.25) is 17.7 Å². The number of aromatic nitrogens is 1. The van der Waals surface area contributed by atoms with Crippen LogP contribution in [0.1, 0.15) is 69.7 Å². The lowest BCUT2D eigenvalue weighted by Crippen LogP contribution is -2.58. The molecule has 2 unspecified atom stereocenters. The first-order valence-electron chi connectivity index (χ1n) is 20.2. The molecule has 14 nitrogen and oxygen atoms in total. The average molecular weight is 866 g/mol. The van der Waals surface area contributed by atoms with Crippen molar-refractivity contribution >= 4 is 59.0 Å². The average Bonchev–Trinajstić information content (AvgIpc) is 3.44. The van der Waals surface area contributed by atoms with E-state index in [9.17, 15) is 42.0 Å². The van der Waals surface area contributed by atoms with Crippen LogP contribution >= 0.6 is 12.6 Å². The van der Waals surface area contributed by atoms with Crippen molar-refractivity contribution in [2.75, 3.05) is 53.2 Å². The van der Waals surface area contributed by atoms with E-state index in [4.69, 9.17) is 17.4 Å². The summed E-state index contributed by atoms with van der Waals surface area (Å²) in [4.78, 5) is 62.0. The second kappa shape index (κ2) is 17.5. The first-order valence-corrected chi connectivity index (χ1v) is 20.8. The van der Waals surface area contributed by atoms with Gasteiger partial charge in [-0.2, -0.15) is 18.4 Å². The first-order chi connectivity index (χ1) is 29.0. The van der Waals surface area contributed by atoms with Crippen LogP contribution in [-0.2, 0) is 31.8 Å². The Labute approximate surface area is 356 Å². The van der Waals surface area contributed by atoms with E-state index in [-0.39, 0.29) is 54.1 Å². The van der Waals surface area contributed by atoms with E-state index in [1.54, 1.807) is 0 Å². The zero-order valence-corrected chi connectivity index (χ0v) is 34.8. The summed E-state index contributed by atoms with van der Waals surface area (Å²) in [6.07, 6.45) is -0.875. The van der Waals surface area contributed by atoms with Gasteiger partial charge < -0.3 is 20.3 Å². The highest BCUT2D eigenvalue weighted by Gasteiger charge is 2.60. The number of piperazine rings is 1. The van der Waals surface area contributed by atoms with Gasteiger partial charge >= 0.3 is 6.18 Å². The topological polar surface area (TPSA) is 163 Å². The van der Waals surface area contributed by atoms with Crippen LogP contribution in [-0.4, -0.2) is 100 Å². The molecule has 324 valence electrons. The number of nitriles is 1. The smallest absolute Gasteiger partial charge is 0.419 e. The summed E-state index contributed by atoms with van der Waals surface area (Å²) in [7, 11) is 0. The lowest BCUT2D eigenvalue weighted by Gasteiger charge is -2.45. The van der Waals surface area contributed by atoms with Crippen molar-refractivity contribution in [3.05, 3.63) is 71.3 Å². The summed E-state index contributed by atoms with van der Waals surface area (Å²) in [6.45, 7) is 8.36. The molecule has 3 saturated heterocycles. The third-order valence-electron chi connectivity index (χ3n) is 12.0. The number of anilines is 4. The largest absolute Gasteiger partial charge is 0.492 e. The molecule has 3 aromatic rings. The van der Waals surface area contributed by atoms with Crippen LogP contribution in [0.2, 0.25) is 0 Å². The van der Waals surface area contributed by atoms with Crippen LogP contribution < -0.4 is 30.5 Å². The number of rotatable bonds is 12. The van der Waals surface area contributed by atoms with Gasteiger partial charge in [0.25, 0.3) is 5.91 Å². The fourth-order valence-corrected chi connectivity index (χ4v) is 9.33. The van der Waals surface area contributed by atoms with Crippen LogP contribution in [0.3, 0.4) is 0 Å². The molecule has 3 aliphatic heterocycles. The minimum atomic E-state index is -4.84. The van der Waals surface area contributed by atoms with Gasteiger partial charge in [0.1, 0.15) is 35.8 Å². The maximum Gasteiger partial charge on any atom is 0.419 e. The monoisotopic (exact) mass is 865 g/mol. The molecule has 1 spiro atoms. The van der Waals surface area contributed by atoms with Gasteiger partial charge in [0.15, 0.2) is 11.2 Å². The van der Waals surface area contributed by atoms with Gasteiger partial charge in [0, 0.05) is 49.5 Å². The van der Waals surface area contributed by atoms with Crippen molar-refractivity contribution in [2.24, 2.45) is 0 Å². The Balaban J connectivity index is 0.947. The summed E-state index contributed by atoms with van der Waals surface area (Å²) in [6, 6.07) is 11.3. The van der Waals surface area contributed by atoms with Gasteiger partial charge in [-0.3, -0.25) is 39.2 Å². The van der Waals surface area contributed by atoms with Gasteiger partial charge in [0.05, 0.1) is 29.7 Å². The van der Waals surface area contributed by atoms with Crippen LogP contribution in [0.15, 0.2) is 48.7 Å². The van der Waals surface area contributed by atoms with Gasteiger partial charge in [-0.15, -0.1) is 12.6 Å². The van der Waals surface area contributed by atoms with Gasteiger partial charge in [-0.05, 0) is 94.0 Å². The molecular formula is C42H47F4N9O5S. The zero-order valence-electron chi connectivity index (χ0n) is 33.9. The maximum atomic E-state index is 14.8. The molecule has 19 heteroatoms. The second-order valence-corrected chi connectivity index (χ2v) is 16.5. The molecule has 1 aromatic heterocycles. The molecule has 2 aromatic carbocycles. The zero-order chi connectivity index (χ0) is 43.8. The molecule has 3 N–H and O–H groups in total. The number of pyridine rings is 1. The number of alkyl halides is 3. The minimum Gasteiger partial charge on any atom is -0.492 e. The molecule has 4 aliphatic rings. The van der Waals surface area contributed by atoms with Crippen molar-refractivity contribution in [3.63, 3.8) is 0 Å². The lowest BCUT2D eigenvalue weighted by atomic mass is 9.75. The molecular weight excluding hydrogens is 819 g/mol. The molecule has 1 aliphatic carbocycles. The third kappa shape index (κ3) is 8.84. The normalized spacial score (nSPS) is 23.1. The number of hydrogen-bond acceptors (Lipinski definition) is 12. The fourth-order valence-electron chi connectivity index (χ4n) is 8.73. The molecule has 7 rings (SSSR count). The van der Waals surface area contributed by atoms with E-state index in [1.807, 2.05) is 43.9 Å². The van der Waals surface area contributed by atoms with E-state index in [0.29, 0.717) is 69.0 Å². The number of nitrogens with zero attached hydrogens (tertiary/aromatic N) is 6. The number of nitrogens with one attached hydrogen (secondary N) is 3. The fraction of sp³-hybridized carbons (Fsp3) is 0.476. The van der Waals surface area contributed by atoms with Gasteiger partial charge in [-0.1, -0.05) is 6.92 Å². The number of amides is 4. The van der Waals surface area contributed by atoms with E-state index < -0.39 is 46.2 Å². The first kappa shape index (κ1) is 43.6. The number of halogens is 4. The number of piperidine rings is 1. The van der Waals surface area contributed by atoms with E-state index in [0.717, 1.165) is 24.2 Å². The number of imide groups is 1. The Morgan fingerprint density at radius 3 is 2.46 bits per heavy atom. The Hall–Kier alpha value is -5.45. The lowest BCUT2D eigenvalue weighted by molar-refractivity contribution is -0.138. The summed E-state index contributed by atoms with van der Waals surface area (Å²) in [5.74, 6) is -1.52. The highest BCUT2D eigenvalue weighted by atomic mass is 32.1. The Morgan fingerprint density at radius 1 is 1.08 bits per heavy atom. The summed E-state index contributed by atoms with van der Waals surface area (Å²) < 4.78 is 62.6. The predicted molar refractivity (Wildman–Crippen MR) is 221 cm³/mol. The van der Waals surface area contributed by atoms with E-state index in [1.165, 1.54) is 29.2 Å². The number of thiol groups is 1. The molecule has 4 heterocycles. The summed E-state index contributed by atoms with van der Waals surface area (Å²) in [5, 5.41) is 17.2. The number of ether oxygens (including phenoxy) is 1. The minimum absolute atomic E-state index is 0.0128. The van der Waals surface area contributed by atoms with Crippen molar-refractivity contribution in [3.8, 4) is 11.8 Å². The van der Waals surface area contributed by atoms with Crippen LogP contribution in [0.25, 0.3) is 0 Å². The second-order valence-electron chi connectivity index (χ2n) is 16.0. The molecule has 0 radical (unpaired) electrons. The quantitative estimate of drug-likeness (QED) is 0.106. The maximum absolute atomic E-state index is 14.8. The molecule has 4 amide bonds. The van der Waals surface area contributed by atoms with Crippen LogP contribution in [0.5, 0.6) is 5.75 Å². The number of carbonyl (C=O) groups excluding carboxylic acids is 4. The van der Waals surface area contributed by atoms with E-state index >= 15 is 0 Å². The number of carbonyl (C=O) groups is 4. The highest BCUT2D eigenvalue weighted by Crippen LogP contribution is 2.51. The predicted octanol–water partition coefficient (Wildman–Crippen LogP) is 5.29. The summed E-state index contributed by atoms with van der Waals surface area (Å²) >= 11 is 4.78.